The van der Waals surface area contributed by atoms with Gasteiger partial charge in [0.2, 0.25) is 0 Å². The molecular formula is C24H21NO3. The van der Waals surface area contributed by atoms with Gasteiger partial charge < -0.3 is 9.26 Å². The van der Waals surface area contributed by atoms with Gasteiger partial charge in [-0.05, 0) is 41.0 Å². The molecule has 4 heteroatoms. The Morgan fingerprint density at radius 1 is 1.07 bits per heavy atom. The third kappa shape index (κ3) is 3.67. The number of hydrogen-bond donors (Lipinski definition) is 0. The van der Waals surface area contributed by atoms with Crippen LogP contribution in [0.25, 0.3) is 39.1 Å². The Balaban J connectivity index is 1.68. The summed E-state index contributed by atoms with van der Waals surface area (Å²) < 4.78 is 10.9. The molecule has 4 aromatic rings. The van der Waals surface area contributed by atoms with Crippen LogP contribution in [0.2, 0.25) is 0 Å². The third-order valence-electron chi connectivity index (χ3n) is 4.69. The predicted octanol–water partition coefficient (Wildman–Crippen LogP) is 6.00. The number of esters is 1. The van der Waals surface area contributed by atoms with Crippen LogP contribution < -0.4 is 0 Å². The van der Waals surface area contributed by atoms with Crippen LogP contribution in [0.5, 0.6) is 0 Å². The van der Waals surface area contributed by atoms with E-state index in [2.05, 4.69) is 30.3 Å². The van der Waals surface area contributed by atoms with Gasteiger partial charge in [-0.15, -0.1) is 0 Å². The normalized spacial score (nSPS) is 11.5. The minimum Gasteiger partial charge on any atom is -0.463 e. The molecular weight excluding hydrogens is 350 g/mol. The van der Waals surface area contributed by atoms with Gasteiger partial charge >= 0.3 is 5.97 Å². The van der Waals surface area contributed by atoms with E-state index in [9.17, 15) is 4.79 Å². The number of rotatable bonds is 6. The molecule has 0 spiro atoms. The van der Waals surface area contributed by atoms with E-state index in [-0.39, 0.29) is 5.97 Å². The highest BCUT2D eigenvalue weighted by atomic mass is 16.5. The maximum atomic E-state index is 11.8. The summed E-state index contributed by atoms with van der Waals surface area (Å²) >= 11 is 0. The molecule has 0 fully saturated rings. The zero-order valence-corrected chi connectivity index (χ0v) is 15.7. The van der Waals surface area contributed by atoms with E-state index >= 15 is 0 Å². The molecule has 0 bridgehead atoms. The lowest BCUT2D eigenvalue weighted by Crippen LogP contribution is -2.01. The fourth-order valence-electron chi connectivity index (χ4n) is 3.21. The zero-order chi connectivity index (χ0) is 19.3. The molecule has 0 atom stereocenters. The Hall–Kier alpha value is -3.40. The van der Waals surface area contributed by atoms with Crippen LogP contribution in [0.1, 0.15) is 25.3 Å². The summed E-state index contributed by atoms with van der Waals surface area (Å²) in [5, 5.41) is 7.37. The summed E-state index contributed by atoms with van der Waals surface area (Å²) in [5.41, 5.74) is 2.68. The molecule has 0 aliphatic heterocycles. The Kier molecular flexibility index (Phi) is 5.20. The van der Waals surface area contributed by atoms with Gasteiger partial charge in [0.25, 0.3) is 0 Å². The number of carbonyl (C=O) groups is 1. The van der Waals surface area contributed by atoms with E-state index in [1.807, 2.05) is 42.5 Å². The second-order valence-electron chi connectivity index (χ2n) is 6.67. The first-order valence-electron chi connectivity index (χ1n) is 9.48. The van der Waals surface area contributed by atoms with E-state index in [4.69, 9.17) is 9.26 Å². The molecule has 1 aromatic heterocycles. The molecule has 0 amide bonds. The van der Waals surface area contributed by atoms with Crippen molar-refractivity contribution in [2.75, 3.05) is 6.61 Å². The number of carbonyl (C=O) groups excluding carboxylic acids is 1. The lowest BCUT2D eigenvalue weighted by Gasteiger charge is -2.04. The van der Waals surface area contributed by atoms with Crippen LogP contribution in [0.15, 0.2) is 71.3 Å². The van der Waals surface area contributed by atoms with Crippen molar-refractivity contribution in [3.05, 3.63) is 72.3 Å². The van der Waals surface area contributed by atoms with Gasteiger partial charge in [-0.2, -0.15) is 0 Å². The molecule has 0 saturated carbocycles. The summed E-state index contributed by atoms with van der Waals surface area (Å²) in [6.45, 7) is 2.51. The van der Waals surface area contributed by atoms with Crippen molar-refractivity contribution in [2.45, 2.75) is 19.8 Å². The quantitative estimate of drug-likeness (QED) is 0.237. The first kappa shape index (κ1) is 18.0. The molecule has 140 valence electrons. The van der Waals surface area contributed by atoms with Gasteiger partial charge in [-0.25, -0.2) is 4.79 Å². The minimum absolute atomic E-state index is 0.326. The van der Waals surface area contributed by atoms with E-state index in [0.29, 0.717) is 6.61 Å². The summed E-state index contributed by atoms with van der Waals surface area (Å²) in [6.07, 6.45) is 5.09. The Bertz CT molecular complexity index is 1150. The molecule has 0 unspecified atom stereocenters. The van der Waals surface area contributed by atoms with E-state index < -0.39 is 0 Å². The van der Waals surface area contributed by atoms with Crippen LogP contribution >= 0.6 is 0 Å². The maximum absolute atomic E-state index is 11.8. The van der Waals surface area contributed by atoms with Crippen molar-refractivity contribution in [2.24, 2.45) is 0 Å². The molecule has 3 aromatic carbocycles. The van der Waals surface area contributed by atoms with Crippen LogP contribution in [-0.4, -0.2) is 17.7 Å². The van der Waals surface area contributed by atoms with Gasteiger partial charge in [-0.1, -0.05) is 67.0 Å². The van der Waals surface area contributed by atoms with Crippen LogP contribution in [0.4, 0.5) is 0 Å². The summed E-state index contributed by atoms with van der Waals surface area (Å²) in [5.74, 6) is 0.403. The molecule has 0 saturated heterocycles. The van der Waals surface area contributed by atoms with Crippen molar-refractivity contribution in [3.63, 3.8) is 0 Å². The highest BCUT2D eigenvalue weighted by Gasteiger charge is 2.13. The molecule has 1 heterocycles. The second-order valence-corrected chi connectivity index (χ2v) is 6.67. The summed E-state index contributed by atoms with van der Waals surface area (Å²) in [6, 6.07) is 20.1. The van der Waals surface area contributed by atoms with Crippen molar-refractivity contribution in [1.82, 2.24) is 5.16 Å². The number of aromatic nitrogens is 1. The van der Waals surface area contributed by atoms with Crippen LogP contribution in [0, 0.1) is 0 Å². The molecule has 0 radical (unpaired) electrons. The SMILES string of the molecule is CCCCOC(=O)/C=C/c1ccc2noc(-c3cccc4ccccc34)c2c1. The number of hydrogen-bond acceptors (Lipinski definition) is 4. The van der Waals surface area contributed by atoms with Gasteiger partial charge in [0.15, 0.2) is 5.76 Å². The predicted molar refractivity (Wildman–Crippen MR) is 112 cm³/mol. The highest BCUT2D eigenvalue weighted by molar-refractivity contribution is 6.03. The lowest BCUT2D eigenvalue weighted by molar-refractivity contribution is -0.137. The number of fused-ring (bicyclic) bond motifs is 2. The molecule has 0 aliphatic rings. The summed E-state index contributed by atoms with van der Waals surface area (Å²) in [7, 11) is 0. The number of benzene rings is 3. The number of nitrogens with zero attached hydrogens (tertiary/aromatic N) is 1. The van der Waals surface area contributed by atoms with Gasteiger partial charge in [0.1, 0.15) is 5.52 Å². The van der Waals surface area contributed by atoms with Crippen molar-refractivity contribution in [3.8, 4) is 11.3 Å². The van der Waals surface area contributed by atoms with Crippen molar-refractivity contribution in [1.29, 1.82) is 0 Å². The standard InChI is InChI=1S/C24H21NO3/c1-2-3-15-27-23(26)14-12-17-11-13-22-21(16-17)24(28-25-22)20-10-6-8-18-7-4-5-9-19(18)20/h4-14,16H,2-3,15H2,1H3/b14-12+. The molecule has 4 nitrogen and oxygen atoms in total. The average molecular weight is 371 g/mol. The zero-order valence-electron chi connectivity index (χ0n) is 15.7. The fraction of sp³-hybridized carbons (Fsp3) is 0.167. The summed E-state index contributed by atoms with van der Waals surface area (Å²) in [4.78, 5) is 11.8. The Labute approximate surface area is 163 Å². The lowest BCUT2D eigenvalue weighted by atomic mass is 10.00. The highest BCUT2D eigenvalue weighted by Crippen LogP contribution is 2.34. The maximum Gasteiger partial charge on any atom is 0.330 e. The smallest absolute Gasteiger partial charge is 0.330 e. The third-order valence-corrected chi connectivity index (χ3v) is 4.69. The molecule has 4 rings (SSSR count). The van der Waals surface area contributed by atoms with Crippen LogP contribution in [-0.2, 0) is 9.53 Å². The van der Waals surface area contributed by atoms with Crippen molar-refractivity contribution < 1.29 is 14.1 Å². The van der Waals surface area contributed by atoms with Gasteiger partial charge in [0.05, 0.1) is 12.0 Å². The largest absolute Gasteiger partial charge is 0.463 e. The minimum atomic E-state index is -0.326. The second kappa shape index (κ2) is 8.09. The topological polar surface area (TPSA) is 52.3 Å². The molecule has 28 heavy (non-hydrogen) atoms. The first-order valence-corrected chi connectivity index (χ1v) is 9.48. The van der Waals surface area contributed by atoms with Gasteiger partial charge in [-0.3, -0.25) is 0 Å². The number of unbranched alkanes of at least 4 members (excludes halogenated alkanes) is 1. The molecule has 0 N–H and O–H groups in total. The monoisotopic (exact) mass is 371 g/mol. The van der Waals surface area contributed by atoms with Crippen molar-refractivity contribution >= 4 is 33.7 Å². The van der Waals surface area contributed by atoms with Gasteiger partial charge in [0, 0.05) is 11.6 Å². The average Bonchev–Trinajstić information content (AvgIpc) is 3.15. The van der Waals surface area contributed by atoms with E-state index in [1.54, 1.807) is 6.08 Å². The van der Waals surface area contributed by atoms with E-state index in [1.165, 1.54) is 6.08 Å². The molecule has 0 aliphatic carbocycles. The van der Waals surface area contributed by atoms with E-state index in [0.717, 1.165) is 51.4 Å². The number of ether oxygens (including phenoxy) is 1. The first-order chi connectivity index (χ1) is 13.8. The Morgan fingerprint density at radius 3 is 2.82 bits per heavy atom. The Morgan fingerprint density at radius 2 is 1.93 bits per heavy atom. The fourth-order valence-corrected chi connectivity index (χ4v) is 3.21. The van der Waals surface area contributed by atoms with Crippen LogP contribution in [0.3, 0.4) is 0 Å².